The number of hydrogen-bond donors (Lipinski definition) is 2. The predicted octanol–water partition coefficient (Wildman–Crippen LogP) is 5.11. The molecule has 4 unspecified atom stereocenters. The van der Waals surface area contributed by atoms with Crippen molar-refractivity contribution in [3.8, 4) is 11.5 Å². The Kier molecular flexibility index (Phi) is 7.89. The largest absolute Gasteiger partial charge is 0.487 e. The molecule has 0 saturated heterocycles. The van der Waals surface area contributed by atoms with E-state index in [-0.39, 0.29) is 58.3 Å². The lowest BCUT2D eigenvalue weighted by atomic mass is 9.70. The Morgan fingerprint density at radius 2 is 1.77 bits per heavy atom. The van der Waals surface area contributed by atoms with Crippen molar-refractivity contribution in [2.75, 3.05) is 13.4 Å². The van der Waals surface area contributed by atoms with Gasteiger partial charge in [0.05, 0.1) is 17.6 Å². The molecular formula is C30H40F2N2O5. The highest BCUT2D eigenvalue weighted by atomic mass is 19.1. The summed E-state index contributed by atoms with van der Waals surface area (Å²) in [6, 6.07) is 1.90. The predicted molar refractivity (Wildman–Crippen MR) is 141 cm³/mol. The minimum atomic E-state index is -1.22. The molecule has 9 heteroatoms. The van der Waals surface area contributed by atoms with Crippen LogP contribution in [-0.4, -0.2) is 43.7 Å². The molecule has 39 heavy (non-hydrogen) atoms. The third-order valence-corrected chi connectivity index (χ3v) is 9.91. The second-order valence-electron chi connectivity index (χ2n) is 12.9. The van der Waals surface area contributed by atoms with Crippen LogP contribution in [0.2, 0.25) is 0 Å². The van der Waals surface area contributed by atoms with Crippen LogP contribution in [0.5, 0.6) is 11.5 Å². The molecule has 4 aliphatic rings. The van der Waals surface area contributed by atoms with E-state index in [1.807, 2.05) is 6.92 Å². The van der Waals surface area contributed by atoms with Crippen molar-refractivity contribution in [2.45, 2.75) is 90.2 Å². The highest BCUT2D eigenvalue weighted by molar-refractivity contribution is 5.98. The first kappa shape index (κ1) is 27.8. The third kappa shape index (κ3) is 5.78. The molecule has 2 amide bonds. The molecule has 4 atom stereocenters. The van der Waals surface area contributed by atoms with Gasteiger partial charge in [-0.25, -0.2) is 8.78 Å². The van der Waals surface area contributed by atoms with Crippen molar-refractivity contribution < 1.29 is 32.6 Å². The summed E-state index contributed by atoms with van der Waals surface area (Å²) >= 11 is 0. The summed E-state index contributed by atoms with van der Waals surface area (Å²) in [5, 5.41) is 6.17. The lowest BCUT2D eigenvalue weighted by Crippen LogP contribution is -2.51. The second-order valence-corrected chi connectivity index (χ2v) is 12.9. The number of aldehydes is 1. The molecular weight excluding hydrogens is 506 g/mol. The maximum atomic E-state index is 14.9. The number of halogens is 2. The van der Waals surface area contributed by atoms with E-state index in [0.717, 1.165) is 44.5 Å². The highest BCUT2D eigenvalue weighted by Crippen LogP contribution is 2.49. The van der Waals surface area contributed by atoms with Gasteiger partial charge in [-0.2, -0.15) is 0 Å². The van der Waals surface area contributed by atoms with E-state index < -0.39 is 24.0 Å². The molecule has 0 radical (unpaired) electrons. The maximum absolute atomic E-state index is 14.9. The van der Waals surface area contributed by atoms with Crippen molar-refractivity contribution >= 4 is 18.1 Å². The smallest absolute Gasteiger partial charge is 0.255 e. The van der Waals surface area contributed by atoms with E-state index >= 15 is 0 Å². The van der Waals surface area contributed by atoms with Gasteiger partial charge in [-0.05, 0) is 81.1 Å². The van der Waals surface area contributed by atoms with Gasteiger partial charge in [-0.1, -0.05) is 20.3 Å². The van der Waals surface area contributed by atoms with Gasteiger partial charge in [-0.3, -0.25) is 9.59 Å². The first-order valence-corrected chi connectivity index (χ1v) is 14.4. The number of rotatable bonds is 10. The fourth-order valence-electron chi connectivity index (χ4n) is 7.13. The van der Waals surface area contributed by atoms with E-state index in [9.17, 15) is 23.2 Å². The molecule has 0 aromatic heterocycles. The van der Waals surface area contributed by atoms with Crippen LogP contribution in [0.15, 0.2) is 12.1 Å². The number of nitrogens with one attached hydrogen (secondary N) is 2. The topological polar surface area (TPSA) is 93.7 Å². The Morgan fingerprint density at radius 1 is 1.05 bits per heavy atom. The third-order valence-electron chi connectivity index (χ3n) is 9.91. The molecule has 7 nitrogen and oxygen atoms in total. The molecule has 1 aromatic rings. The van der Waals surface area contributed by atoms with Gasteiger partial charge >= 0.3 is 0 Å². The Morgan fingerprint density at radius 3 is 2.41 bits per heavy atom. The highest BCUT2D eigenvalue weighted by Gasteiger charge is 2.51. The van der Waals surface area contributed by atoms with Crippen molar-refractivity contribution in [3.05, 3.63) is 23.5 Å². The Hall–Kier alpha value is -2.71. The zero-order valence-electron chi connectivity index (χ0n) is 22.9. The minimum absolute atomic E-state index is 0.0244. The quantitative estimate of drug-likeness (QED) is 0.398. The molecule has 5 rings (SSSR count). The molecule has 2 N–H and O–H groups in total. The number of ether oxygens (including phenoxy) is 2. The molecule has 0 aliphatic heterocycles. The van der Waals surface area contributed by atoms with Gasteiger partial charge in [0.1, 0.15) is 12.0 Å². The van der Waals surface area contributed by atoms with Crippen molar-refractivity contribution in [3.63, 3.8) is 0 Å². The van der Waals surface area contributed by atoms with Crippen LogP contribution in [0.3, 0.4) is 0 Å². The van der Waals surface area contributed by atoms with Gasteiger partial charge in [0.2, 0.25) is 12.8 Å². The van der Waals surface area contributed by atoms with Crippen LogP contribution in [0.4, 0.5) is 8.78 Å². The van der Waals surface area contributed by atoms with Gasteiger partial charge < -0.3 is 24.9 Å². The summed E-state index contributed by atoms with van der Waals surface area (Å²) in [5.74, 6) is -1.56. The van der Waals surface area contributed by atoms with Crippen LogP contribution in [0.25, 0.3) is 0 Å². The van der Waals surface area contributed by atoms with Crippen molar-refractivity contribution in [2.24, 2.45) is 28.6 Å². The molecule has 4 saturated carbocycles. The molecule has 4 aliphatic carbocycles. The van der Waals surface area contributed by atoms with E-state index in [4.69, 9.17) is 9.47 Å². The monoisotopic (exact) mass is 546 g/mol. The minimum Gasteiger partial charge on any atom is -0.487 e. The summed E-state index contributed by atoms with van der Waals surface area (Å²) in [6.07, 6.45) is 9.27. The zero-order valence-corrected chi connectivity index (χ0v) is 22.9. The van der Waals surface area contributed by atoms with E-state index in [1.54, 1.807) is 0 Å². The number of benzene rings is 1. The molecule has 214 valence electrons. The van der Waals surface area contributed by atoms with Crippen LogP contribution in [-0.2, 0) is 9.59 Å². The van der Waals surface area contributed by atoms with Crippen molar-refractivity contribution in [1.29, 1.82) is 0 Å². The molecule has 0 spiro atoms. The summed E-state index contributed by atoms with van der Waals surface area (Å²) in [4.78, 5) is 38.2. The Labute approximate surface area is 228 Å². The fraction of sp³-hybridized carbons (Fsp3) is 0.700. The summed E-state index contributed by atoms with van der Waals surface area (Å²) in [6.45, 7) is 3.51. The van der Waals surface area contributed by atoms with E-state index in [1.165, 1.54) is 12.5 Å². The molecule has 1 aromatic carbocycles. The van der Waals surface area contributed by atoms with Crippen LogP contribution in [0, 0.1) is 34.4 Å². The van der Waals surface area contributed by atoms with Crippen LogP contribution >= 0.6 is 0 Å². The number of fused-ring (bicyclic) bond motifs is 2. The zero-order chi connectivity index (χ0) is 27.8. The standard InChI is InChI=1S/C30H40F2N2O5/c1-29(8-3-9-29)15-33-28(37)25-18-4-5-19(12-18)26(25)34-27(36)21-13-24(22(32)14-23(21)38-17-31)39-20-6-10-30(2,16-35)11-7-20/h13-14,16,18-20,25-26H,3-12,15,17H2,1-2H3,(H,33,37)(H,34,36). The average Bonchev–Trinajstić information content (AvgIpc) is 3.51. The first-order valence-electron chi connectivity index (χ1n) is 14.4. The average molecular weight is 547 g/mol. The maximum Gasteiger partial charge on any atom is 0.255 e. The van der Waals surface area contributed by atoms with E-state index in [0.29, 0.717) is 32.2 Å². The summed E-state index contributed by atoms with van der Waals surface area (Å²) in [7, 11) is 0. The Bertz CT molecular complexity index is 1100. The molecule has 2 bridgehead atoms. The lowest BCUT2D eigenvalue weighted by molar-refractivity contribution is -0.128. The number of alkyl halides is 1. The first-order chi connectivity index (χ1) is 18.6. The van der Waals surface area contributed by atoms with Gasteiger partial charge in [0, 0.05) is 24.1 Å². The Balaban J connectivity index is 1.30. The summed E-state index contributed by atoms with van der Waals surface area (Å²) < 4.78 is 39.0. The van der Waals surface area contributed by atoms with E-state index in [2.05, 4.69) is 17.6 Å². The number of amides is 2. The number of carbonyl (C=O) groups is 3. The van der Waals surface area contributed by atoms with Crippen molar-refractivity contribution in [1.82, 2.24) is 10.6 Å². The van der Waals surface area contributed by atoms with Gasteiger partial charge in [0.15, 0.2) is 11.6 Å². The number of carbonyl (C=O) groups excluding carboxylic acids is 3. The summed E-state index contributed by atoms with van der Waals surface area (Å²) in [5.41, 5.74) is -0.276. The van der Waals surface area contributed by atoms with Gasteiger partial charge in [0.25, 0.3) is 5.91 Å². The normalized spacial score (nSPS) is 32.7. The molecule has 4 fully saturated rings. The van der Waals surface area contributed by atoms with Crippen LogP contribution < -0.4 is 20.1 Å². The molecule has 0 heterocycles. The lowest BCUT2D eigenvalue weighted by Gasteiger charge is -2.39. The van der Waals surface area contributed by atoms with Crippen LogP contribution in [0.1, 0.15) is 88.4 Å². The second kappa shape index (κ2) is 11.0. The fourth-order valence-corrected chi connectivity index (χ4v) is 7.13. The SMILES string of the molecule is CC1(C=O)CCC(Oc2cc(C(=O)NC3C4CCC(C4)C3C(=O)NCC3(C)CCC3)c(OCF)cc2F)CC1. The number of hydrogen-bond acceptors (Lipinski definition) is 5. The van der Waals surface area contributed by atoms with Gasteiger partial charge in [-0.15, -0.1) is 0 Å².